The highest BCUT2D eigenvalue weighted by atomic mass is 35.5. The standard InChI is InChI=1S/C23H14ClN3O3S/c24-19-11-17(9-15-6-7-31(29,30)22(15)19)18-10-16-4-5-20(28)26-23(16)27-21(18)14-3-1-2-13(8-14)12-25/h1-5,8-11H,6-7H2,(H,26,27,28). The van der Waals surface area contributed by atoms with Crippen molar-refractivity contribution in [2.75, 3.05) is 5.75 Å². The molecule has 0 atom stereocenters. The van der Waals surface area contributed by atoms with Crippen LogP contribution in [0.5, 0.6) is 0 Å². The van der Waals surface area contributed by atoms with Gasteiger partial charge in [0.05, 0.1) is 33.0 Å². The van der Waals surface area contributed by atoms with Crippen molar-refractivity contribution in [1.29, 1.82) is 5.26 Å². The van der Waals surface area contributed by atoms with Crippen molar-refractivity contribution < 1.29 is 8.42 Å². The lowest BCUT2D eigenvalue weighted by molar-refractivity contribution is 0.600. The van der Waals surface area contributed by atoms with Gasteiger partial charge in [0.1, 0.15) is 5.65 Å². The number of pyridine rings is 2. The molecule has 0 saturated heterocycles. The Hall–Kier alpha value is -3.47. The molecule has 0 radical (unpaired) electrons. The van der Waals surface area contributed by atoms with E-state index >= 15 is 0 Å². The van der Waals surface area contributed by atoms with Crippen molar-refractivity contribution in [2.24, 2.45) is 0 Å². The maximum absolute atomic E-state index is 12.3. The Balaban J connectivity index is 1.83. The van der Waals surface area contributed by atoms with Gasteiger partial charge in [0, 0.05) is 22.6 Å². The summed E-state index contributed by atoms with van der Waals surface area (Å²) in [4.78, 5) is 19.4. The summed E-state index contributed by atoms with van der Waals surface area (Å²) in [5.74, 6) is 0.0415. The van der Waals surface area contributed by atoms with E-state index in [2.05, 4.69) is 16.0 Å². The zero-order valence-electron chi connectivity index (χ0n) is 16.0. The summed E-state index contributed by atoms with van der Waals surface area (Å²) in [6.45, 7) is 0. The highest BCUT2D eigenvalue weighted by Gasteiger charge is 2.30. The molecule has 3 heterocycles. The zero-order valence-corrected chi connectivity index (χ0v) is 17.6. The molecule has 0 saturated carbocycles. The fourth-order valence-corrected chi connectivity index (χ4v) is 6.14. The lowest BCUT2D eigenvalue weighted by Gasteiger charge is -2.13. The zero-order chi connectivity index (χ0) is 21.8. The van der Waals surface area contributed by atoms with Gasteiger partial charge in [-0.05, 0) is 53.9 Å². The first kappa shape index (κ1) is 19.5. The number of hydrogen-bond acceptors (Lipinski definition) is 5. The van der Waals surface area contributed by atoms with Crippen LogP contribution in [0.4, 0.5) is 0 Å². The molecule has 1 N–H and O–H groups in total. The SMILES string of the molecule is N#Cc1cccc(-c2nc3[nH]c(=O)ccc3cc2-c2cc(Cl)c3c(c2)CCS3(=O)=O)c1. The molecule has 0 aliphatic carbocycles. The predicted molar refractivity (Wildman–Crippen MR) is 119 cm³/mol. The van der Waals surface area contributed by atoms with Crippen LogP contribution in [0.1, 0.15) is 11.1 Å². The van der Waals surface area contributed by atoms with Crippen molar-refractivity contribution in [3.8, 4) is 28.5 Å². The first-order valence-electron chi connectivity index (χ1n) is 9.46. The lowest BCUT2D eigenvalue weighted by Crippen LogP contribution is -2.05. The fraction of sp³-hybridized carbons (Fsp3) is 0.0870. The number of nitrogens with one attached hydrogen (secondary N) is 1. The normalized spacial score (nSPS) is 14.3. The Labute approximate surface area is 182 Å². The number of benzene rings is 2. The van der Waals surface area contributed by atoms with Gasteiger partial charge in [-0.2, -0.15) is 5.26 Å². The summed E-state index contributed by atoms with van der Waals surface area (Å²) in [6.07, 6.45) is 0.402. The number of aromatic amines is 1. The minimum atomic E-state index is -3.37. The topological polar surface area (TPSA) is 104 Å². The molecule has 0 fully saturated rings. The molecule has 0 spiro atoms. The van der Waals surface area contributed by atoms with Gasteiger partial charge < -0.3 is 4.98 Å². The molecule has 0 unspecified atom stereocenters. The largest absolute Gasteiger partial charge is 0.307 e. The number of rotatable bonds is 2. The second kappa shape index (κ2) is 7.05. The lowest BCUT2D eigenvalue weighted by atomic mass is 9.95. The number of H-pyrrole nitrogens is 1. The summed E-state index contributed by atoms with van der Waals surface area (Å²) < 4.78 is 24.7. The van der Waals surface area contributed by atoms with Gasteiger partial charge in [0.2, 0.25) is 5.56 Å². The number of nitriles is 1. The number of sulfone groups is 1. The van der Waals surface area contributed by atoms with E-state index in [-0.39, 0.29) is 21.2 Å². The van der Waals surface area contributed by atoms with E-state index in [1.54, 1.807) is 30.3 Å². The Morgan fingerprint density at radius 1 is 1.06 bits per heavy atom. The molecule has 1 aliphatic rings. The molecular formula is C23H14ClN3O3S. The van der Waals surface area contributed by atoms with Crippen molar-refractivity contribution >= 4 is 32.5 Å². The summed E-state index contributed by atoms with van der Waals surface area (Å²) in [5, 5.41) is 10.2. The van der Waals surface area contributed by atoms with Gasteiger partial charge in [0.25, 0.3) is 0 Å². The molecular weight excluding hydrogens is 434 g/mol. The third-order valence-electron chi connectivity index (χ3n) is 5.36. The van der Waals surface area contributed by atoms with E-state index in [1.807, 2.05) is 18.2 Å². The number of nitrogens with zero attached hydrogens (tertiary/aromatic N) is 2. The number of halogens is 1. The number of aromatic nitrogens is 2. The highest BCUT2D eigenvalue weighted by molar-refractivity contribution is 7.91. The molecule has 0 bridgehead atoms. The summed E-state index contributed by atoms with van der Waals surface area (Å²) >= 11 is 6.40. The smallest absolute Gasteiger partial charge is 0.249 e. The molecule has 2 aromatic heterocycles. The minimum Gasteiger partial charge on any atom is -0.307 e. The van der Waals surface area contributed by atoms with Crippen LogP contribution in [0.3, 0.4) is 0 Å². The van der Waals surface area contributed by atoms with Gasteiger partial charge >= 0.3 is 0 Å². The van der Waals surface area contributed by atoms with Crippen molar-refractivity contribution in [3.63, 3.8) is 0 Å². The Morgan fingerprint density at radius 3 is 2.71 bits per heavy atom. The van der Waals surface area contributed by atoms with E-state index in [0.717, 1.165) is 16.5 Å². The average Bonchev–Trinajstić information content (AvgIpc) is 3.07. The monoisotopic (exact) mass is 447 g/mol. The van der Waals surface area contributed by atoms with Crippen LogP contribution in [0.15, 0.2) is 64.3 Å². The fourth-order valence-electron chi connectivity index (χ4n) is 3.94. The quantitative estimate of drug-likeness (QED) is 0.498. The van der Waals surface area contributed by atoms with Gasteiger partial charge in [-0.3, -0.25) is 4.79 Å². The average molecular weight is 448 g/mol. The van der Waals surface area contributed by atoms with Crippen LogP contribution >= 0.6 is 11.6 Å². The van der Waals surface area contributed by atoms with Crippen molar-refractivity contribution in [3.05, 3.63) is 81.1 Å². The first-order chi connectivity index (χ1) is 14.9. The first-order valence-corrected chi connectivity index (χ1v) is 11.5. The maximum Gasteiger partial charge on any atom is 0.249 e. The predicted octanol–water partition coefficient (Wildman–Crippen LogP) is 4.11. The van der Waals surface area contributed by atoms with Gasteiger partial charge in [-0.1, -0.05) is 23.7 Å². The Kier molecular flexibility index (Phi) is 4.43. The van der Waals surface area contributed by atoms with Gasteiger partial charge in [-0.25, -0.2) is 13.4 Å². The minimum absolute atomic E-state index is 0.0415. The number of hydrogen-bond donors (Lipinski definition) is 1. The summed E-state index contributed by atoms with van der Waals surface area (Å²) in [7, 11) is -3.37. The van der Waals surface area contributed by atoms with E-state index in [4.69, 9.17) is 11.6 Å². The molecule has 6 nitrogen and oxygen atoms in total. The van der Waals surface area contributed by atoms with Crippen LogP contribution < -0.4 is 5.56 Å². The molecule has 0 amide bonds. The molecule has 2 aromatic carbocycles. The molecule has 152 valence electrons. The summed E-state index contributed by atoms with van der Waals surface area (Å²) in [6, 6.07) is 17.6. The van der Waals surface area contributed by atoms with Crippen LogP contribution in [0.25, 0.3) is 33.4 Å². The number of aryl methyl sites for hydroxylation is 1. The molecule has 31 heavy (non-hydrogen) atoms. The van der Waals surface area contributed by atoms with Crippen LogP contribution in [0.2, 0.25) is 5.02 Å². The van der Waals surface area contributed by atoms with Gasteiger partial charge in [-0.15, -0.1) is 0 Å². The van der Waals surface area contributed by atoms with E-state index in [0.29, 0.717) is 34.5 Å². The summed E-state index contributed by atoms with van der Waals surface area (Å²) in [5.41, 5.74) is 4.01. The number of fused-ring (bicyclic) bond motifs is 2. The van der Waals surface area contributed by atoms with Crippen LogP contribution in [-0.2, 0) is 16.3 Å². The van der Waals surface area contributed by atoms with Crippen molar-refractivity contribution in [1.82, 2.24) is 9.97 Å². The molecule has 4 aromatic rings. The third-order valence-corrected chi connectivity index (χ3v) is 7.61. The van der Waals surface area contributed by atoms with E-state index in [9.17, 15) is 18.5 Å². The second-order valence-electron chi connectivity index (χ2n) is 7.35. The van der Waals surface area contributed by atoms with Crippen molar-refractivity contribution in [2.45, 2.75) is 11.3 Å². The maximum atomic E-state index is 12.3. The van der Waals surface area contributed by atoms with E-state index < -0.39 is 9.84 Å². The molecule has 8 heteroatoms. The van der Waals surface area contributed by atoms with Crippen LogP contribution in [-0.4, -0.2) is 24.1 Å². The molecule has 5 rings (SSSR count). The van der Waals surface area contributed by atoms with Gasteiger partial charge in [0.15, 0.2) is 9.84 Å². The van der Waals surface area contributed by atoms with Crippen LogP contribution in [0, 0.1) is 11.3 Å². The Morgan fingerprint density at radius 2 is 1.90 bits per heavy atom. The van der Waals surface area contributed by atoms with E-state index in [1.165, 1.54) is 6.07 Å². The third kappa shape index (κ3) is 3.30. The highest BCUT2D eigenvalue weighted by Crippen LogP contribution is 2.40. The molecule has 1 aliphatic heterocycles. The Bertz CT molecular complexity index is 1600. The second-order valence-corrected chi connectivity index (χ2v) is 9.81.